The van der Waals surface area contributed by atoms with E-state index >= 15 is 0 Å². The van der Waals surface area contributed by atoms with Gasteiger partial charge in [-0.3, -0.25) is 0 Å². The standard InChI is InChI=1S/C10H15ClN2O.C2H6/c1-7-4-8(11)12-9(5-7)13-10(2,3)6-14;1-2/h4-5,14H,6H2,1-3H3,(H,12,13);1-2H3. The number of hydrogen-bond acceptors (Lipinski definition) is 3. The first-order valence-electron chi connectivity index (χ1n) is 5.46. The Labute approximate surface area is 103 Å². The largest absolute Gasteiger partial charge is 0.394 e. The summed E-state index contributed by atoms with van der Waals surface area (Å²) in [5.41, 5.74) is 0.658. The number of halogens is 1. The van der Waals surface area contributed by atoms with Gasteiger partial charge in [0.1, 0.15) is 11.0 Å². The lowest BCUT2D eigenvalue weighted by molar-refractivity contribution is 0.234. The maximum atomic E-state index is 9.07. The first-order valence-corrected chi connectivity index (χ1v) is 5.84. The number of aromatic nitrogens is 1. The molecule has 0 unspecified atom stereocenters. The van der Waals surface area contributed by atoms with Crippen molar-refractivity contribution in [1.29, 1.82) is 0 Å². The zero-order valence-electron chi connectivity index (χ0n) is 10.6. The van der Waals surface area contributed by atoms with Crippen LogP contribution in [-0.4, -0.2) is 22.2 Å². The minimum absolute atomic E-state index is 0.0419. The number of nitrogens with zero attached hydrogens (tertiary/aromatic N) is 1. The fraction of sp³-hybridized carbons (Fsp3) is 0.583. The summed E-state index contributed by atoms with van der Waals surface area (Å²) < 4.78 is 0. The van der Waals surface area contributed by atoms with Gasteiger partial charge in [-0.2, -0.15) is 0 Å². The molecule has 1 aromatic heterocycles. The molecule has 0 spiro atoms. The molecule has 92 valence electrons. The van der Waals surface area contributed by atoms with Crippen LogP contribution in [0.2, 0.25) is 5.15 Å². The molecule has 1 rings (SSSR count). The van der Waals surface area contributed by atoms with E-state index in [9.17, 15) is 0 Å². The number of pyridine rings is 1. The number of aryl methyl sites for hydroxylation is 1. The van der Waals surface area contributed by atoms with E-state index in [0.717, 1.165) is 5.56 Å². The minimum Gasteiger partial charge on any atom is -0.394 e. The topological polar surface area (TPSA) is 45.2 Å². The Morgan fingerprint density at radius 3 is 2.38 bits per heavy atom. The molecular formula is C12H21ClN2O. The lowest BCUT2D eigenvalue weighted by atomic mass is 10.1. The second kappa shape index (κ2) is 6.71. The third-order valence-corrected chi connectivity index (χ3v) is 1.99. The molecule has 0 aliphatic rings. The number of nitrogens with one attached hydrogen (secondary N) is 1. The van der Waals surface area contributed by atoms with Crippen LogP contribution in [0.1, 0.15) is 33.3 Å². The molecule has 0 aromatic carbocycles. The molecule has 0 saturated heterocycles. The summed E-state index contributed by atoms with van der Waals surface area (Å²) in [5.74, 6) is 0.689. The fourth-order valence-corrected chi connectivity index (χ4v) is 1.34. The maximum Gasteiger partial charge on any atom is 0.131 e. The number of hydrogen-bond donors (Lipinski definition) is 2. The highest BCUT2D eigenvalue weighted by Gasteiger charge is 2.16. The molecule has 2 N–H and O–H groups in total. The molecule has 0 fully saturated rings. The van der Waals surface area contributed by atoms with Crippen molar-refractivity contribution < 1.29 is 5.11 Å². The predicted octanol–water partition coefficient (Wildman–Crippen LogP) is 3.25. The quantitative estimate of drug-likeness (QED) is 0.803. The van der Waals surface area contributed by atoms with Crippen LogP contribution in [0.3, 0.4) is 0 Å². The summed E-state index contributed by atoms with van der Waals surface area (Å²) in [7, 11) is 0. The SMILES string of the molecule is CC.Cc1cc(Cl)nc(NC(C)(C)CO)c1. The highest BCUT2D eigenvalue weighted by atomic mass is 35.5. The van der Waals surface area contributed by atoms with E-state index in [-0.39, 0.29) is 12.1 Å². The molecule has 1 aromatic rings. The van der Waals surface area contributed by atoms with Gasteiger partial charge in [0, 0.05) is 0 Å². The monoisotopic (exact) mass is 244 g/mol. The Kier molecular flexibility index (Phi) is 6.38. The average Bonchev–Trinajstić information content (AvgIpc) is 2.18. The first kappa shape index (κ1) is 15.2. The smallest absolute Gasteiger partial charge is 0.131 e. The second-order valence-corrected chi connectivity index (χ2v) is 4.41. The van der Waals surface area contributed by atoms with Gasteiger partial charge in [0.25, 0.3) is 0 Å². The number of aliphatic hydroxyl groups is 1. The third kappa shape index (κ3) is 5.33. The van der Waals surface area contributed by atoms with Crippen molar-refractivity contribution in [3.05, 3.63) is 22.8 Å². The molecular weight excluding hydrogens is 224 g/mol. The molecule has 0 aliphatic carbocycles. The molecule has 3 nitrogen and oxygen atoms in total. The fourth-order valence-electron chi connectivity index (χ4n) is 1.08. The van der Waals surface area contributed by atoms with Crippen LogP contribution in [0.25, 0.3) is 0 Å². The van der Waals surface area contributed by atoms with Gasteiger partial charge in [-0.25, -0.2) is 4.98 Å². The van der Waals surface area contributed by atoms with Crippen molar-refractivity contribution in [2.45, 2.75) is 40.2 Å². The zero-order chi connectivity index (χ0) is 12.8. The molecule has 0 aliphatic heterocycles. The Balaban J connectivity index is 0.00000106. The highest BCUT2D eigenvalue weighted by molar-refractivity contribution is 6.29. The van der Waals surface area contributed by atoms with Gasteiger partial charge in [0.05, 0.1) is 12.1 Å². The van der Waals surface area contributed by atoms with Gasteiger partial charge in [-0.15, -0.1) is 0 Å². The summed E-state index contributed by atoms with van der Waals surface area (Å²) in [6, 6.07) is 3.68. The van der Waals surface area contributed by atoms with Crippen LogP contribution in [0, 0.1) is 6.92 Å². The first-order chi connectivity index (χ1) is 7.43. The van der Waals surface area contributed by atoms with Crippen molar-refractivity contribution in [2.24, 2.45) is 0 Å². The Bertz CT molecular complexity index is 307. The van der Waals surface area contributed by atoms with E-state index < -0.39 is 0 Å². The average molecular weight is 245 g/mol. The Hall–Kier alpha value is -0.800. The zero-order valence-corrected chi connectivity index (χ0v) is 11.4. The normalized spacial score (nSPS) is 10.4. The minimum atomic E-state index is -0.385. The van der Waals surface area contributed by atoms with Crippen molar-refractivity contribution in [3.8, 4) is 0 Å². The van der Waals surface area contributed by atoms with E-state index in [1.165, 1.54) is 0 Å². The molecule has 16 heavy (non-hydrogen) atoms. The van der Waals surface area contributed by atoms with Gasteiger partial charge >= 0.3 is 0 Å². The predicted molar refractivity (Wildman–Crippen MR) is 70.1 cm³/mol. The second-order valence-electron chi connectivity index (χ2n) is 4.02. The van der Waals surface area contributed by atoms with E-state index in [1.807, 2.05) is 40.7 Å². The lowest BCUT2D eigenvalue weighted by Gasteiger charge is -2.24. The molecule has 0 amide bonds. The third-order valence-electron chi connectivity index (χ3n) is 1.80. The van der Waals surface area contributed by atoms with Crippen LogP contribution in [0.15, 0.2) is 12.1 Å². The highest BCUT2D eigenvalue weighted by Crippen LogP contribution is 2.17. The van der Waals surface area contributed by atoms with Crippen molar-refractivity contribution in [2.75, 3.05) is 11.9 Å². The van der Waals surface area contributed by atoms with Crippen LogP contribution in [-0.2, 0) is 0 Å². The van der Waals surface area contributed by atoms with Crippen molar-refractivity contribution >= 4 is 17.4 Å². The summed E-state index contributed by atoms with van der Waals surface area (Å²) in [5, 5.41) is 12.6. The molecule has 0 atom stereocenters. The number of anilines is 1. The molecule has 0 saturated carbocycles. The van der Waals surface area contributed by atoms with Crippen LogP contribution >= 0.6 is 11.6 Å². The van der Waals surface area contributed by atoms with Crippen LogP contribution in [0.5, 0.6) is 0 Å². The lowest BCUT2D eigenvalue weighted by Crippen LogP contribution is -2.35. The number of rotatable bonds is 3. The maximum absolute atomic E-state index is 9.07. The van der Waals surface area contributed by atoms with Crippen molar-refractivity contribution in [1.82, 2.24) is 4.98 Å². The summed E-state index contributed by atoms with van der Waals surface area (Å²) in [6.07, 6.45) is 0. The van der Waals surface area contributed by atoms with Gasteiger partial charge < -0.3 is 10.4 Å². The Morgan fingerprint density at radius 1 is 1.38 bits per heavy atom. The van der Waals surface area contributed by atoms with Crippen LogP contribution < -0.4 is 5.32 Å². The molecule has 0 bridgehead atoms. The summed E-state index contributed by atoms with van der Waals surface area (Å²) in [6.45, 7) is 9.78. The molecule has 0 radical (unpaired) electrons. The van der Waals surface area contributed by atoms with Gasteiger partial charge in [-0.1, -0.05) is 25.4 Å². The Morgan fingerprint density at radius 2 is 1.94 bits per heavy atom. The van der Waals surface area contributed by atoms with E-state index in [0.29, 0.717) is 11.0 Å². The van der Waals surface area contributed by atoms with E-state index in [2.05, 4.69) is 10.3 Å². The van der Waals surface area contributed by atoms with Crippen LogP contribution in [0.4, 0.5) is 5.82 Å². The summed E-state index contributed by atoms with van der Waals surface area (Å²) in [4.78, 5) is 4.11. The molecule has 1 heterocycles. The van der Waals surface area contributed by atoms with Crippen molar-refractivity contribution in [3.63, 3.8) is 0 Å². The molecule has 4 heteroatoms. The van der Waals surface area contributed by atoms with E-state index in [1.54, 1.807) is 6.07 Å². The number of aliphatic hydroxyl groups excluding tert-OH is 1. The van der Waals surface area contributed by atoms with Gasteiger partial charge in [0.15, 0.2) is 0 Å². The summed E-state index contributed by atoms with van der Waals surface area (Å²) >= 11 is 5.81. The van der Waals surface area contributed by atoms with E-state index in [4.69, 9.17) is 16.7 Å². The van der Waals surface area contributed by atoms with Gasteiger partial charge in [0.2, 0.25) is 0 Å². The van der Waals surface area contributed by atoms with Gasteiger partial charge in [-0.05, 0) is 38.5 Å².